The summed E-state index contributed by atoms with van der Waals surface area (Å²) in [6, 6.07) is 7.14. The number of aromatic nitrogens is 1. The van der Waals surface area contributed by atoms with Gasteiger partial charge in [0.25, 0.3) is 5.69 Å². The Morgan fingerprint density at radius 3 is 2.43 bits per heavy atom. The maximum Gasteiger partial charge on any atom is 0.311 e. The minimum absolute atomic E-state index is 0.0403. The molecule has 2 aromatic rings. The number of nitrogens with zero attached hydrogens (tertiary/aromatic N) is 3. The molecule has 1 aromatic heterocycles. The number of hydrogen-bond donors (Lipinski definition) is 0. The summed E-state index contributed by atoms with van der Waals surface area (Å²) >= 11 is 0. The zero-order chi connectivity index (χ0) is 15.4. The zero-order valence-electron chi connectivity index (χ0n) is 11.1. The summed E-state index contributed by atoms with van der Waals surface area (Å²) in [5, 5.41) is 21.6. The highest BCUT2D eigenvalue weighted by Gasteiger charge is 2.17. The fourth-order valence-electron chi connectivity index (χ4n) is 1.67. The van der Waals surface area contributed by atoms with E-state index in [0.29, 0.717) is 6.42 Å². The van der Waals surface area contributed by atoms with Gasteiger partial charge in [0.05, 0.1) is 9.85 Å². The van der Waals surface area contributed by atoms with Crippen LogP contribution in [0.4, 0.5) is 11.4 Å². The summed E-state index contributed by atoms with van der Waals surface area (Å²) in [4.78, 5) is 24.2. The summed E-state index contributed by atoms with van der Waals surface area (Å²) in [6.07, 6.45) is 1.69. The fraction of sp³-hybridized carbons (Fsp3) is 0.154. The molecule has 0 aliphatic carbocycles. The first kappa shape index (κ1) is 14.4. The molecule has 2 rings (SSSR count). The molecule has 8 nitrogen and oxygen atoms in total. The quantitative estimate of drug-likeness (QED) is 0.617. The van der Waals surface area contributed by atoms with Crippen LogP contribution in [-0.4, -0.2) is 14.8 Å². The zero-order valence-corrected chi connectivity index (χ0v) is 11.1. The highest BCUT2D eigenvalue weighted by molar-refractivity contribution is 5.50. The van der Waals surface area contributed by atoms with Crippen molar-refractivity contribution >= 4 is 11.4 Å². The van der Waals surface area contributed by atoms with E-state index in [1.54, 1.807) is 6.07 Å². The molecule has 0 aliphatic heterocycles. The Balaban J connectivity index is 2.30. The van der Waals surface area contributed by atoms with Crippen molar-refractivity contribution in [2.24, 2.45) is 0 Å². The Morgan fingerprint density at radius 1 is 1.14 bits per heavy atom. The van der Waals surface area contributed by atoms with Gasteiger partial charge in [0.1, 0.15) is 6.20 Å². The van der Waals surface area contributed by atoms with Crippen molar-refractivity contribution < 1.29 is 14.6 Å². The van der Waals surface area contributed by atoms with Crippen molar-refractivity contribution in [3.63, 3.8) is 0 Å². The Morgan fingerprint density at radius 2 is 1.90 bits per heavy atom. The molecule has 21 heavy (non-hydrogen) atoms. The summed E-state index contributed by atoms with van der Waals surface area (Å²) in [6.45, 7) is 1.89. The second kappa shape index (κ2) is 5.95. The van der Waals surface area contributed by atoms with Crippen LogP contribution in [0.1, 0.15) is 12.5 Å². The number of hydrogen-bond acceptors (Lipinski definition) is 6. The molecule has 0 radical (unpaired) electrons. The fourth-order valence-corrected chi connectivity index (χ4v) is 1.67. The van der Waals surface area contributed by atoms with Crippen molar-refractivity contribution in [2.45, 2.75) is 13.3 Å². The third kappa shape index (κ3) is 3.30. The Kier molecular flexibility index (Phi) is 4.07. The first-order valence-electron chi connectivity index (χ1n) is 6.07. The lowest BCUT2D eigenvalue weighted by Crippen LogP contribution is -1.96. The van der Waals surface area contributed by atoms with Crippen molar-refractivity contribution in [3.05, 3.63) is 62.3 Å². The number of rotatable bonds is 5. The van der Waals surface area contributed by atoms with E-state index in [0.717, 1.165) is 11.8 Å². The maximum absolute atomic E-state index is 11.0. The third-order valence-corrected chi connectivity index (χ3v) is 2.77. The molecule has 0 aliphatic rings. The van der Waals surface area contributed by atoms with Crippen LogP contribution in [0.15, 0.2) is 36.5 Å². The van der Waals surface area contributed by atoms with Crippen molar-refractivity contribution in [1.82, 2.24) is 4.98 Å². The number of ether oxygens (including phenoxy) is 1. The molecule has 0 N–H and O–H groups in total. The van der Waals surface area contributed by atoms with E-state index < -0.39 is 9.85 Å². The lowest BCUT2D eigenvalue weighted by Gasteiger charge is -2.06. The van der Waals surface area contributed by atoms with Gasteiger partial charge in [-0.1, -0.05) is 13.0 Å². The number of nitro benzene ring substituents is 1. The minimum atomic E-state index is -0.588. The van der Waals surface area contributed by atoms with Gasteiger partial charge in [-0.05, 0) is 18.1 Å². The van der Waals surface area contributed by atoms with Crippen LogP contribution in [-0.2, 0) is 6.42 Å². The van der Waals surface area contributed by atoms with Crippen LogP contribution in [0.5, 0.6) is 11.6 Å². The van der Waals surface area contributed by atoms with E-state index in [2.05, 4.69) is 4.98 Å². The predicted molar refractivity (Wildman–Crippen MR) is 73.4 cm³/mol. The van der Waals surface area contributed by atoms with Gasteiger partial charge < -0.3 is 4.74 Å². The molecular formula is C13H11N3O5. The van der Waals surface area contributed by atoms with E-state index in [9.17, 15) is 20.2 Å². The number of benzene rings is 1. The highest BCUT2D eigenvalue weighted by atomic mass is 16.6. The summed E-state index contributed by atoms with van der Waals surface area (Å²) in [5.74, 6) is 0.0894. The van der Waals surface area contributed by atoms with Gasteiger partial charge in [-0.25, -0.2) is 4.98 Å². The first-order chi connectivity index (χ1) is 10.0. The minimum Gasteiger partial charge on any atom is -0.432 e. The molecule has 0 atom stereocenters. The van der Waals surface area contributed by atoms with E-state index >= 15 is 0 Å². The van der Waals surface area contributed by atoms with Crippen LogP contribution < -0.4 is 4.74 Å². The van der Waals surface area contributed by atoms with E-state index in [4.69, 9.17) is 4.74 Å². The molecule has 0 saturated heterocycles. The van der Waals surface area contributed by atoms with Gasteiger partial charge in [0.15, 0.2) is 0 Å². The second-order valence-corrected chi connectivity index (χ2v) is 4.13. The largest absolute Gasteiger partial charge is 0.432 e. The Bertz CT molecular complexity index is 685. The predicted octanol–water partition coefficient (Wildman–Crippen LogP) is 3.25. The van der Waals surface area contributed by atoms with Crippen molar-refractivity contribution in [1.29, 1.82) is 0 Å². The van der Waals surface area contributed by atoms with E-state index in [1.165, 1.54) is 24.3 Å². The van der Waals surface area contributed by atoms with Crippen LogP contribution >= 0.6 is 0 Å². The van der Waals surface area contributed by atoms with Gasteiger partial charge in [-0.3, -0.25) is 20.2 Å². The van der Waals surface area contributed by atoms with Gasteiger partial charge in [0, 0.05) is 18.2 Å². The van der Waals surface area contributed by atoms with Gasteiger partial charge in [-0.2, -0.15) is 0 Å². The highest BCUT2D eigenvalue weighted by Crippen LogP contribution is 2.31. The molecule has 0 amide bonds. The molecule has 8 heteroatoms. The molecule has 1 aromatic carbocycles. The van der Waals surface area contributed by atoms with Crippen LogP contribution in [0, 0.1) is 20.2 Å². The molecule has 0 bridgehead atoms. The lowest BCUT2D eigenvalue weighted by molar-refractivity contribution is -0.385. The van der Waals surface area contributed by atoms with Crippen LogP contribution in [0.2, 0.25) is 0 Å². The summed E-state index contributed by atoms with van der Waals surface area (Å²) in [7, 11) is 0. The standard InChI is InChI=1S/C13H11N3O5/c1-2-9-3-5-12(11(7-9)16(19)20)21-13-6-4-10(8-14-13)15(17)18/h3-8H,2H2,1H3. The van der Waals surface area contributed by atoms with E-state index in [-0.39, 0.29) is 23.0 Å². The van der Waals surface area contributed by atoms with Crippen LogP contribution in [0.3, 0.4) is 0 Å². The summed E-state index contributed by atoms with van der Waals surface area (Å²) < 4.78 is 5.33. The van der Waals surface area contributed by atoms with Gasteiger partial charge in [-0.15, -0.1) is 0 Å². The SMILES string of the molecule is CCc1ccc(Oc2ccc([N+](=O)[O-])cn2)c([N+](=O)[O-])c1. The number of aryl methyl sites for hydroxylation is 1. The van der Waals surface area contributed by atoms with Gasteiger partial charge >= 0.3 is 5.69 Å². The molecule has 0 saturated carbocycles. The monoisotopic (exact) mass is 289 g/mol. The first-order valence-corrected chi connectivity index (χ1v) is 6.07. The maximum atomic E-state index is 11.0. The molecule has 0 fully saturated rings. The Labute approximate surface area is 119 Å². The van der Waals surface area contributed by atoms with Crippen LogP contribution in [0.25, 0.3) is 0 Å². The number of pyridine rings is 1. The number of nitro groups is 2. The molecule has 1 heterocycles. The average Bonchev–Trinajstić information content (AvgIpc) is 2.48. The average molecular weight is 289 g/mol. The lowest BCUT2D eigenvalue weighted by atomic mass is 10.1. The molecule has 0 spiro atoms. The van der Waals surface area contributed by atoms with Crippen molar-refractivity contribution in [3.8, 4) is 11.6 Å². The smallest absolute Gasteiger partial charge is 0.311 e. The molecule has 108 valence electrons. The third-order valence-electron chi connectivity index (χ3n) is 2.77. The second-order valence-electron chi connectivity index (χ2n) is 4.13. The molecular weight excluding hydrogens is 278 g/mol. The molecule has 0 unspecified atom stereocenters. The topological polar surface area (TPSA) is 108 Å². The normalized spacial score (nSPS) is 10.1. The van der Waals surface area contributed by atoms with E-state index in [1.807, 2.05) is 6.92 Å². The Hall–Kier alpha value is -3.03. The van der Waals surface area contributed by atoms with Gasteiger partial charge in [0.2, 0.25) is 11.6 Å². The van der Waals surface area contributed by atoms with Crippen molar-refractivity contribution in [2.75, 3.05) is 0 Å². The summed E-state index contributed by atoms with van der Waals surface area (Å²) in [5.41, 5.74) is 0.457.